The second-order valence-electron chi connectivity index (χ2n) is 3.45. The third kappa shape index (κ3) is 2.71. The van der Waals surface area contributed by atoms with Gasteiger partial charge in [0, 0.05) is 6.54 Å². The molecule has 1 saturated heterocycles. The van der Waals surface area contributed by atoms with Gasteiger partial charge in [-0.15, -0.1) is 0 Å². The fourth-order valence-electron chi connectivity index (χ4n) is 1.60. The van der Waals surface area contributed by atoms with Crippen molar-refractivity contribution in [3.63, 3.8) is 0 Å². The van der Waals surface area contributed by atoms with Crippen molar-refractivity contribution in [1.82, 2.24) is 4.90 Å². The van der Waals surface area contributed by atoms with E-state index in [9.17, 15) is 14.4 Å². The van der Waals surface area contributed by atoms with Crippen molar-refractivity contribution < 1.29 is 23.9 Å². The molecular weight excluding hydrogens is 214 g/mol. The number of ketones is 1. The van der Waals surface area contributed by atoms with Crippen LogP contribution in [0.1, 0.15) is 13.3 Å². The molecule has 0 bridgehead atoms. The van der Waals surface area contributed by atoms with Gasteiger partial charge in [-0.1, -0.05) is 0 Å². The number of amides is 1. The SMILES string of the molecule is CCOC(=O)C1CCN(C(=O)OC)CC1=O. The molecular formula is C10H15NO5. The topological polar surface area (TPSA) is 72.9 Å². The molecule has 0 saturated carbocycles. The highest BCUT2D eigenvalue weighted by molar-refractivity contribution is 6.01. The van der Waals surface area contributed by atoms with E-state index in [1.807, 2.05) is 0 Å². The van der Waals surface area contributed by atoms with Crippen LogP contribution in [0.25, 0.3) is 0 Å². The Morgan fingerprint density at radius 1 is 1.50 bits per heavy atom. The molecule has 1 amide bonds. The summed E-state index contributed by atoms with van der Waals surface area (Å²) in [4.78, 5) is 35.4. The van der Waals surface area contributed by atoms with E-state index in [4.69, 9.17) is 4.74 Å². The molecule has 0 aromatic heterocycles. The average molecular weight is 229 g/mol. The standard InChI is InChI=1S/C10H15NO5/c1-3-16-9(13)7-4-5-11(6-8(7)12)10(14)15-2/h7H,3-6H2,1-2H3. The summed E-state index contributed by atoms with van der Waals surface area (Å²) in [6.07, 6.45) is -0.247. The molecule has 90 valence electrons. The number of methoxy groups -OCH3 is 1. The minimum Gasteiger partial charge on any atom is -0.465 e. The number of ether oxygens (including phenoxy) is 2. The van der Waals surface area contributed by atoms with Gasteiger partial charge < -0.3 is 14.4 Å². The normalized spacial score (nSPS) is 20.5. The lowest BCUT2D eigenvalue weighted by Crippen LogP contribution is -2.46. The van der Waals surface area contributed by atoms with Crippen LogP contribution < -0.4 is 0 Å². The van der Waals surface area contributed by atoms with Gasteiger partial charge in [0.1, 0.15) is 5.92 Å². The summed E-state index contributed by atoms with van der Waals surface area (Å²) in [7, 11) is 1.25. The highest BCUT2D eigenvalue weighted by atomic mass is 16.5. The van der Waals surface area contributed by atoms with E-state index in [1.54, 1.807) is 6.92 Å². The van der Waals surface area contributed by atoms with Crippen molar-refractivity contribution in [3.05, 3.63) is 0 Å². The molecule has 0 N–H and O–H groups in total. The van der Waals surface area contributed by atoms with Crippen LogP contribution >= 0.6 is 0 Å². The van der Waals surface area contributed by atoms with Gasteiger partial charge in [0.25, 0.3) is 0 Å². The van der Waals surface area contributed by atoms with Crippen LogP contribution in [0.15, 0.2) is 0 Å². The van der Waals surface area contributed by atoms with Gasteiger partial charge in [-0.05, 0) is 13.3 Å². The van der Waals surface area contributed by atoms with E-state index < -0.39 is 18.0 Å². The molecule has 0 radical (unpaired) electrons. The number of hydrogen-bond acceptors (Lipinski definition) is 5. The third-order valence-electron chi connectivity index (χ3n) is 2.43. The third-order valence-corrected chi connectivity index (χ3v) is 2.43. The second kappa shape index (κ2) is 5.48. The summed E-state index contributed by atoms with van der Waals surface area (Å²) < 4.78 is 9.28. The van der Waals surface area contributed by atoms with Crippen LogP contribution in [0.4, 0.5) is 4.79 Å². The summed E-state index contributed by atoms with van der Waals surface area (Å²) in [5.74, 6) is -1.53. The molecule has 1 aliphatic heterocycles. The van der Waals surface area contributed by atoms with E-state index in [2.05, 4.69) is 4.74 Å². The van der Waals surface area contributed by atoms with Crippen LogP contribution in [0, 0.1) is 5.92 Å². The maximum absolute atomic E-state index is 11.6. The summed E-state index contributed by atoms with van der Waals surface area (Å²) in [6, 6.07) is 0. The van der Waals surface area contributed by atoms with Gasteiger partial charge in [-0.3, -0.25) is 9.59 Å². The van der Waals surface area contributed by atoms with Gasteiger partial charge in [0.15, 0.2) is 5.78 Å². The van der Waals surface area contributed by atoms with E-state index in [0.717, 1.165) is 0 Å². The number of Topliss-reactive ketones (excluding diaryl/α,β-unsaturated/α-hetero) is 1. The van der Waals surface area contributed by atoms with Crippen molar-refractivity contribution in [2.75, 3.05) is 26.8 Å². The van der Waals surface area contributed by atoms with Gasteiger partial charge in [0.05, 0.1) is 20.3 Å². The number of piperidine rings is 1. The molecule has 1 fully saturated rings. The van der Waals surface area contributed by atoms with Gasteiger partial charge in [0.2, 0.25) is 0 Å². The lowest BCUT2D eigenvalue weighted by molar-refractivity contribution is -0.153. The van der Waals surface area contributed by atoms with Crippen LogP contribution in [-0.2, 0) is 19.1 Å². The first-order valence-electron chi connectivity index (χ1n) is 5.12. The number of esters is 1. The van der Waals surface area contributed by atoms with Crippen LogP contribution in [0.3, 0.4) is 0 Å². The average Bonchev–Trinajstić information content (AvgIpc) is 2.28. The quantitative estimate of drug-likeness (QED) is 0.500. The molecule has 1 rings (SSSR count). The van der Waals surface area contributed by atoms with Crippen molar-refractivity contribution >= 4 is 17.8 Å². The van der Waals surface area contributed by atoms with Crippen LogP contribution in [0.2, 0.25) is 0 Å². The molecule has 6 nitrogen and oxygen atoms in total. The highest BCUT2D eigenvalue weighted by Gasteiger charge is 2.35. The monoisotopic (exact) mass is 229 g/mol. The highest BCUT2D eigenvalue weighted by Crippen LogP contribution is 2.16. The zero-order valence-corrected chi connectivity index (χ0v) is 9.39. The number of carbonyl (C=O) groups is 3. The minimum absolute atomic E-state index is 0.0871. The number of carbonyl (C=O) groups excluding carboxylic acids is 3. The van der Waals surface area contributed by atoms with Gasteiger partial charge in [-0.2, -0.15) is 0 Å². The minimum atomic E-state index is -0.735. The number of nitrogens with zero attached hydrogens (tertiary/aromatic N) is 1. The Hall–Kier alpha value is -1.59. The van der Waals surface area contributed by atoms with Crippen LogP contribution in [0.5, 0.6) is 0 Å². The second-order valence-corrected chi connectivity index (χ2v) is 3.45. The molecule has 16 heavy (non-hydrogen) atoms. The zero-order valence-electron chi connectivity index (χ0n) is 9.39. The maximum Gasteiger partial charge on any atom is 0.409 e. The molecule has 6 heteroatoms. The maximum atomic E-state index is 11.6. The summed E-state index contributed by atoms with van der Waals surface area (Å²) in [6.45, 7) is 2.19. The van der Waals surface area contributed by atoms with Gasteiger partial charge >= 0.3 is 12.1 Å². The number of hydrogen-bond donors (Lipinski definition) is 0. The Balaban J connectivity index is 2.55. The summed E-state index contributed by atoms with van der Waals surface area (Å²) >= 11 is 0. The molecule has 0 aromatic rings. The smallest absolute Gasteiger partial charge is 0.409 e. The lowest BCUT2D eigenvalue weighted by atomic mass is 9.96. The van der Waals surface area contributed by atoms with E-state index in [0.29, 0.717) is 13.0 Å². The predicted molar refractivity (Wildman–Crippen MR) is 53.7 cm³/mol. The first kappa shape index (κ1) is 12.5. The molecule has 1 heterocycles. The lowest BCUT2D eigenvalue weighted by Gasteiger charge is -2.28. The largest absolute Gasteiger partial charge is 0.465 e. The van der Waals surface area contributed by atoms with Crippen molar-refractivity contribution in [1.29, 1.82) is 0 Å². The molecule has 1 atom stereocenters. The van der Waals surface area contributed by atoms with E-state index in [1.165, 1.54) is 12.0 Å². The first-order chi connectivity index (χ1) is 7.60. The number of likely N-dealkylation sites (tertiary alicyclic amines) is 1. The summed E-state index contributed by atoms with van der Waals surface area (Å²) in [5.41, 5.74) is 0. The Bertz CT molecular complexity index is 302. The molecule has 1 aliphatic rings. The Morgan fingerprint density at radius 3 is 2.69 bits per heavy atom. The van der Waals surface area contributed by atoms with Crippen molar-refractivity contribution in [3.8, 4) is 0 Å². The first-order valence-corrected chi connectivity index (χ1v) is 5.12. The molecule has 0 spiro atoms. The van der Waals surface area contributed by atoms with E-state index in [-0.39, 0.29) is 18.9 Å². The van der Waals surface area contributed by atoms with E-state index >= 15 is 0 Å². The zero-order chi connectivity index (χ0) is 12.1. The number of rotatable bonds is 2. The fraction of sp³-hybridized carbons (Fsp3) is 0.700. The summed E-state index contributed by atoms with van der Waals surface area (Å²) in [5, 5.41) is 0. The molecule has 0 aromatic carbocycles. The van der Waals surface area contributed by atoms with Crippen molar-refractivity contribution in [2.24, 2.45) is 5.92 Å². The van der Waals surface area contributed by atoms with Gasteiger partial charge in [-0.25, -0.2) is 4.79 Å². The Morgan fingerprint density at radius 2 is 2.19 bits per heavy atom. The predicted octanol–water partition coefficient (Wildman–Crippen LogP) is 0.207. The Labute approximate surface area is 93.5 Å². The van der Waals surface area contributed by atoms with Crippen LogP contribution in [-0.4, -0.2) is 49.6 Å². The molecule has 1 unspecified atom stereocenters. The fourth-order valence-corrected chi connectivity index (χ4v) is 1.60. The molecule has 0 aliphatic carbocycles. The Kier molecular flexibility index (Phi) is 4.28. The van der Waals surface area contributed by atoms with Crippen molar-refractivity contribution in [2.45, 2.75) is 13.3 Å².